The zero-order chi connectivity index (χ0) is 15.9. The third-order valence-electron chi connectivity index (χ3n) is 4.20. The number of nitrogens with zero attached hydrogens (tertiary/aromatic N) is 1. The van der Waals surface area contributed by atoms with Gasteiger partial charge in [0.1, 0.15) is 5.54 Å². The van der Waals surface area contributed by atoms with Crippen LogP contribution in [0.1, 0.15) is 46.5 Å². The van der Waals surface area contributed by atoms with Gasteiger partial charge in [0.05, 0.1) is 6.61 Å². The van der Waals surface area contributed by atoms with E-state index in [1.54, 1.807) is 7.11 Å². The van der Waals surface area contributed by atoms with Crippen LogP contribution in [0.4, 0.5) is 0 Å². The van der Waals surface area contributed by atoms with Crippen molar-refractivity contribution in [1.82, 2.24) is 10.2 Å². The number of rotatable bonds is 9. The van der Waals surface area contributed by atoms with E-state index in [-0.39, 0.29) is 12.0 Å². The molecule has 0 aromatic carbocycles. The fraction of sp³-hybridized carbons (Fsp3) is 0.938. The maximum absolute atomic E-state index is 12.4. The second-order valence-electron chi connectivity index (χ2n) is 6.33. The molecule has 1 N–H and O–H groups in total. The van der Waals surface area contributed by atoms with Gasteiger partial charge in [0, 0.05) is 32.3 Å². The number of hydrogen-bond donors (Lipinski definition) is 1. The molecule has 1 rings (SSSR count). The van der Waals surface area contributed by atoms with Crippen molar-refractivity contribution in [3.8, 4) is 0 Å². The van der Waals surface area contributed by atoms with E-state index in [4.69, 9.17) is 9.47 Å². The Kier molecular flexibility index (Phi) is 7.63. The minimum absolute atomic E-state index is 0.0912. The van der Waals surface area contributed by atoms with Gasteiger partial charge < -0.3 is 14.4 Å². The molecule has 1 aliphatic rings. The summed E-state index contributed by atoms with van der Waals surface area (Å²) >= 11 is 0. The summed E-state index contributed by atoms with van der Waals surface area (Å²) in [5, 5.41) is 3.47. The van der Waals surface area contributed by atoms with Gasteiger partial charge in [-0.3, -0.25) is 10.1 Å². The first-order valence-corrected chi connectivity index (χ1v) is 8.09. The zero-order valence-corrected chi connectivity index (χ0v) is 14.3. The predicted molar refractivity (Wildman–Crippen MR) is 84.4 cm³/mol. The van der Waals surface area contributed by atoms with Crippen LogP contribution in [0.15, 0.2) is 0 Å². The van der Waals surface area contributed by atoms with Crippen LogP contribution >= 0.6 is 0 Å². The molecule has 0 aromatic heterocycles. The fourth-order valence-corrected chi connectivity index (χ4v) is 3.23. The summed E-state index contributed by atoms with van der Waals surface area (Å²) in [6.45, 7) is 8.25. The molecule has 1 saturated carbocycles. The monoisotopic (exact) mass is 300 g/mol. The molecule has 0 bridgehead atoms. The summed E-state index contributed by atoms with van der Waals surface area (Å²) in [5.41, 5.74) is -0.510. The van der Waals surface area contributed by atoms with Crippen molar-refractivity contribution in [2.45, 2.75) is 64.1 Å². The summed E-state index contributed by atoms with van der Waals surface area (Å²) in [6.07, 6.45) is 3.73. The van der Waals surface area contributed by atoms with Crippen LogP contribution in [0, 0.1) is 0 Å². The minimum atomic E-state index is -0.510. The van der Waals surface area contributed by atoms with Gasteiger partial charge in [-0.25, -0.2) is 0 Å². The van der Waals surface area contributed by atoms with Crippen LogP contribution in [0.5, 0.6) is 0 Å². The molecule has 2 atom stereocenters. The van der Waals surface area contributed by atoms with E-state index in [0.29, 0.717) is 12.6 Å². The standard InChI is InChI=1S/C16H32N2O3/c1-6-21-15(19)16(17-13(2)3)9-8-14(12-16)18(4)10-7-11-20-5/h13-14,17H,6-12H2,1-5H3. The van der Waals surface area contributed by atoms with Crippen molar-refractivity contribution in [3.05, 3.63) is 0 Å². The average Bonchev–Trinajstić information content (AvgIpc) is 2.84. The molecule has 1 fully saturated rings. The van der Waals surface area contributed by atoms with Crippen molar-refractivity contribution in [2.24, 2.45) is 0 Å². The van der Waals surface area contributed by atoms with Crippen molar-refractivity contribution >= 4 is 5.97 Å². The molecule has 2 unspecified atom stereocenters. The van der Waals surface area contributed by atoms with Gasteiger partial charge in [0.15, 0.2) is 0 Å². The minimum Gasteiger partial charge on any atom is -0.465 e. The molecule has 21 heavy (non-hydrogen) atoms. The number of methoxy groups -OCH3 is 1. The summed E-state index contributed by atoms with van der Waals surface area (Å²) in [4.78, 5) is 14.8. The molecule has 1 aliphatic carbocycles. The number of hydrogen-bond acceptors (Lipinski definition) is 5. The van der Waals surface area contributed by atoms with Crippen LogP contribution in [0.25, 0.3) is 0 Å². The van der Waals surface area contributed by atoms with Gasteiger partial charge in [0.25, 0.3) is 0 Å². The maximum Gasteiger partial charge on any atom is 0.326 e. The molecule has 0 radical (unpaired) electrons. The average molecular weight is 300 g/mol. The molecule has 0 saturated heterocycles. The summed E-state index contributed by atoms with van der Waals surface area (Å²) < 4.78 is 10.4. The highest BCUT2D eigenvalue weighted by Gasteiger charge is 2.47. The van der Waals surface area contributed by atoms with Gasteiger partial charge in [0.2, 0.25) is 0 Å². The Morgan fingerprint density at radius 3 is 2.76 bits per heavy atom. The number of esters is 1. The predicted octanol–water partition coefficient (Wildman–Crippen LogP) is 1.81. The number of ether oxygens (including phenoxy) is 2. The van der Waals surface area contributed by atoms with Crippen LogP contribution in [-0.2, 0) is 14.3 Å². The number of carbonyl (C=O) groups excluding carboxylic acids is 1. The maximum atomic E-state index is 12.4. The van der Waals surface area contributed by atoms with Crippen molar-refractivity contribution in [2.75, 3.05) is 33.9 Å². The molecule has 5 nitrogen and oxygen atoms in total. The van der Waals surface area contributed by atoms with Gasteiger partial charge in [-0.15, -0.1) is 0 Å². The molecule has 0 aliphatic heterocycles. The Morgan fingerprint density at radius 1 is 1.48 bits per heavy atom. The highest BCUT2D eigenvalue weighted by Crippen LogP contribution is 2.34. The molecule has 124 valence electrons. The normalized spacial score (nSPS) is 25.8. The van der Waals surface area contributed by atoms with Crippen LogP contribution in [0.3, 0.4) is 0 Å². The van der Waals surface area contributed by atoms with Crippen LogP contribution < -0.4 is 5.32 Å². The summed E-state index contributed by atoms with van der Waals surface area (Å²) in [7, 11) is 3.87. The Labute approximate surface area is 129 Å². The van der Waals surface area contributed by atoms with E-state index in [9.17, 15) is 4.79 Å². The Hall–Kier alpha value is -0.650. The Balaban J connectivity index is 2.64. The largest absolute Gasteiger partial charge is 0.465 e. The van der Waals surface area contributed by atoms with Crippen molar-refractivity contribution in [3.63, 3.8) is 0 Å². The number of carbonyl (C=O) groups is 1. The highest BCUT2D eigenvalue weighted by atomic mass is 16.5. The Morgan fingerprint density at radius 2 is 2.19 bits per heavy atom. The van der Waals surface area contributed by atoms with Crippen LogP contribution in [-0.4, -0.2) is 62.4 Å². The lowest BCUT2D eigenvalue weighted by Crippen LogP contribution is -2.54. The summed E-state index contributed by atoms with van der Waals surface area (Å²) in [5.74, 6) is -0.0912. The third-order valence-corrected chi connectivity index (χ3v) is 4.20. The zero-order valence-electron chi connectivity index (χ0n) is 14.3. The van der Waals surface area contributed by atoms with Crippen molar-refractivity contribution < 1.29 is 14.3 Å². The van der Waals surface area contributed by atoms with Gasteiger partial charge in [-0.1, -0.05) is 0 Å². The first kappa shape index (κ1) is 18.4. The highest BCUT2D eigenvalue weighted by molar-refractivity contribution is 5.81. The summed E-state index contributed by atoms with van der Waals surface area (Å²) in [6, 6.07) is 0.699. The van der Waals surface area contributed by atoms with Crippen molar-refractivity contribution in [1.29, 1.82) is 0 Å². The lowest BCUT2D eigenvalue weighted by molar-refractivity contribution is -0.151. The fourth-order valence-electron chi connectivity index (χ4n) is 3.23. The number of nitrogens with one attached hydrogen (secondary N) is 1. The molecule has 0 amide bonds. The lowest BCUT2D eigenvalue weighted by atomic mass is 9.96. The smallest absolute Gasteiger partial charge is 0.326 e. The van der Waals surface area contributed by atoms with E-state index >= 15 is 0 Å². The van der Waals surface area contributed by atoms with E-state index < -0.39 is 5.54 Å². The molecular weight excluding hydrogens is 268 g/mol. The van der Waals surface area contributed by atoms with E-state index in [0.717, 1.165) is 38.8 Å². The molecule has 0 aromatic rings. The van der Waals surface area contributed by atoms with E-state index in [1.165, 1.54) is 0 Å². The second-order valence-corrected chi connectivity index (χ2v) is 6.33. The van der Waals surface area contributed by atoms with Gasteiger partial charge >= 0.3 is 5.97 Å². The molecule has 0 heterocycles. The van der Waals surface area contributed by atoms with E-state index in [1.807, 2.05) is 6.92 Å². The van der Waals surface area contributed by atoms with Gasteiger partial charge in [-0.05, 0) is 53.5 Å². The Bertz CT molecular complexity index is 323. The first-order chi connectivity index (χ1) is 9.95. The topological polar surface area (TPSA) is 50.8 Å². The molecular formula is C16H32N2O3. The van der Waals surface area contributed by atoms with Crippen LogP contribution in [0.2, 0.25) is 0 Å². The van der Waals surface area contributed by atoms with E-state index in [2.05, 4.69) is 31.1 Å². The quantitative estimate of drug-likeness (QED) is 0.520. The lowest BCUT2D eigenvalue weighted by Gasteiger charge is -2.32. The second kappa shape index (κ2) is 8.71. The first-order valence-electron chi connectivity index (χ1n) is 8.09. The molecule has 5 heteroatoms. The third kappa shape index (κ3) is 5.24. The van der Waals surface area contributed by atoms with Gasteiger partial charge in [-0.2, -0.15) is 0 Å². The molecule has 0 spiro atoms. The SMILES string of the molecule is CCOC(=O)C1(NC(C)C)CCC(N(C)CCCOC)C1.